The average molecular weight is 343 g/mol. The number of rotatable bonds is 3. The quantitative estimate of drug-likeness (QED) is 0.457. The van der Waals surface area contributed by atoms with E-state index in [4.69, 9.17) is 0 Å². The van der Waals surface area contributed by atoms with Crippen molar-refractivity contribution in [3.05, 3.63) is 81.9 Å². The summed E-state index contributed by atoms with van der Waals surface area (Å²) in [4.78, 5) is 0. The van der Waals surface area contributed by atoms with Gasteiger partial charge in [0, 0.05) is 0 Å². The monoisotopic (exact) mass is 342 g/mol. The smallest absolute Gasteiger partial charge is 0.0143 e. The van der Waals surface area contributed by atoms with Gasteiger partial charge in [-0.25, -0.2) is 0 Å². The van der Waals surface area contributed by atoms with Gasteiger partial charge < -0.3 is 0 Å². The van der Waals surface area contributed by atoms with Crippen molar-refractivity contribution in [2.75, 3.05) is 0 Å². The first-order valence-electron chi connectivity index (χ1n) is 9.57. The summed E-state index contributed by atoms with van der Waals surface area (Å²) in [6, 6.07) is 18.4. The van der Waals surface area contributed by atoms with Gasteiger partial charge in [-0.2, -0.15) is 0 Å². The van der Waals surface area contributed by atoms with E-state index in [9.17, 15) is 0 Å². The van der Waals surface area contributed by atoms with Crippen LogP contribution in [0.15, 0.2) is 48.5 Å². The van der Waals surface area contributed by atoms with E-state index in [1.807, 2.05) is 0 Å². The molecule has 0 fully saturated rings. The van der Waals surface area contributed by atoms with Gasteiger partial charge in [0.15, 0.2) is 0 Å². The maximum atomic E-state index is 2.39. The molecular weight excluding hydrogens is 312 g/mol. The third kappa shape index (κ3) is 3.46. The summed E-state index contributed by atoms with van der Waals surface area (Å²) >= 11 is 0. The Morgan fingerprint density at radius 2 is 0.962 bits per heavy atom. The lowest BCUT2D eigenvalue weighted by Gasteiger charge is -2.19. The second kappa shape index (κ2) is 7.11. The number of aryl methyl sites for hydroxylation is 4. The van der Waals surface area contributed by atoms with Crippen LogP contribution in [0.1, 0.15) is 53.1 Å². The maximum Gasteiger partial charge on any atom is -0.0143 e. The van der Waals surface area contributed by atoms with Crippen molar-refractivity contribution in [1.82, 2.24) is 0 Å². The van der Waals surface area contributed by atoms with Crippen LogP contribution in [0.3, 0.4) is 0 Å². The van der Waals surface area contributed by atoms with E-state index < -0.39 is 0 Å². The number of hydrogen-bond donors (Lipinski definition) is 0. The van der Waals surface area contributed by atoms with E-state index in [-0.39, 0.29) is 0 Å². The largest absolute Gasteiger partial charge is 0.0587 e. The Kier molecular flexibility index (Phi) is 5.05. The fraction of sp³-hybridized carbons (Fsp3) is 0.308. The highest BCUT2D eigenvalue weighted by atomic mass is 14.2. The molecule has 3 rings (SSSR count). The summed E-state index contributed by atoms with van der Waals surface area (Å²) in [6.07, 6.45) is 0. The Hall–Kier alpha value is -2.34. The molecule has 0 aliphatic heterocycles. The van der Waals surface area contributed by atoms with Crippen LogP contribution in [-0.4, -0.2) is 0 Å². The van der Waals surface area contributed by atoms with Gasteiger partial charge in [0.1, 0.15) is 0 Å². The topological polar surface area (TPSA) is 0 Å². The normalized spacial score (nSPS) is 11.2. The second-order valence-corrected chi connectivity index (χ2v) is 8.03. The number of hydrogen-bond acceptors (Lipinski definition) is 0. The van der Waals surface area contributed by atoms with Crippen LogP contribution in [0.4, 0.5) is 0 Å². The van der Waals surface area contributed by atoms with E-state index in [1.165, 1.54) is 55.6 Å². The first-order valence-corrected chi connectivity index (χ1v) is 9.57. The fourth-order valence-electron chi connectivity index (χ4n) is 3.86. The predicted molar refractivity (Wildman–Crippen MR) is 115 cm³/mol. The van der Waals surface area contributed by atoms with E-state index in [0.717, 1.165) is 0 Å². The van der Waals surface area contributed by atoms with Crippen molar-refractivity contribution in [3.63, 3.8) is 0 Å². The van der Waals surface area contributed by atoms with E-state index in [1.54, 1.807) is 0 Å². The highest BCUT2D eigenvalue weighted by molar-refractivity contribution is 5.82. The molecule has 0 radical (unpaired) electrons. The minimum atomic E-state index is 0.504. The summed E-state index contributed by atoms with van der Waals surface area (Å²) in [5, 5.41) is 0. The molecule has 0 unspecified atom stereocenters. The van der Waals surface area contributed by atoms with Crippen molar-refractivity contribution >= 4 is 0 Å². The fourth-order valence-corrected chi connectivity index (χ4v) is 3.86. The van der Waals surface area contributed by atoms with Gasteiger partial charge in [0.2, 0.25) is 0 Å². The zero-order valence-electron chi connectivity index (χ0n) is 17.2. The molecule has 0 saturated carbocycles. The molecule has 0 heterocycles. The molecule has 0 N–H and O–H groups in total. The molecule has 0 aromatic heterocycles. The minimum Gasteiger partial charge on any atom is -0.0587 e. The summed E-state index contributed by atoms with van der Waals surface area (Å²) in [5.41, 5.74) is 13.5. The van der Waals surface area contributed by atoms with Gasteiger partial charge in [0.05, 0.1) is 0 Å². The molecule has 0 nitrogen and oxygen atoms in total. The molecule has 3 aromatic carbocycles. The van der Waals surface area contributed by atoms with Crippen LogP contribution >= 0.6 is 0 Å². The number of benzene rings is 3. The Balaban J connectivity index is 2.31. The van der Waals surface area contributed by atoms with E-state index in [2.05, 4.69) is 97.0 Å². The molecular formula is C26H30. The molecule has 0 heteroatoms. The van der Waals surface area contributed by atoms with Crippen molar-refractivity contribution in [1.29, 1.82) is 0 Å². The van der Waals surface area contributed by atoms with Crippen molar-refractivity contribution in [2.24, 2.45) is 0 Å². The average Bonchev–Trinajstić information content (AvgIpc) is 2.56. The highest BCUT2D eigenvalue weighted by Crippen LogP contribution is 2.38. The lowest BCUT2D eigenvalue weighted by Crippen LogP contribution is -1.98. The molecule has 0 saturated heterocycles. The van der Waals surface area contributed by atoms with E-state index >= 15 is 0 Å². The second-order valence-electron chi connectivity index (χ2n) is 8.03. The third-order valence-electron chi connectivity index (χ3n) is 5.44. The van der Waals surface area contributed by atoms with Gasteiger partial charge in [-0.3, -0.25) is 0 Å². The first kappa shape index (κ1) is 18.5. The summed E-state index contributed by atoms with van der Waals surface area (Å²) in [6.45, 7) is 15.6. The molecule has 0 spiro atoms. The molecule has 26 heavy (non-hydrogen) atoms. The van der Waals surface area contributed by atoms with Gasteiger partial charge in [-0.1, -0.05) is 73.5 Å². The highest BCUT2D eigenvalue weighted by Gasteiger charge is 2.15. The molecule has 0 bridgehead atoms. The summed E-state index contributed by atoms with van der Waals surface area (Å²) < 4.78 is 0. The Morgan fingerprint density at radius 1 is 0.538 bits per heavy atom. The zero-order chi connectivity index (χ0) is 19.0. The predicted octanol–water partition coefficient (Wildman–Crippen LogP) is 7.69. The zero-order valence-corrected chi connectivity index (χ0v) is 17.2. The Labute approximate surface area is 158 Å². The molecule has 0 aliphatic carbocycles. The van der Waals surface area contributed by atoms with E-state index in [0.29, 0.717) is 5.92 Å². The van der Waals surface area contributed by atoms with Gasteiger partial charge in [-0.15, -0.1) is 0 Å². The minimum absolute atomic E-state index is 0.504. The lowest BCUT2D eigenvalue weighted by atomic mass is 9.85. The van der Waals surface area contributed by atoms with Crippen LogP contribution in [0.2, 0.25) is 0 Å². The van der Waals surface area contributed by atoms with Crippen LogP contribution < -0.4 is 0 Å². The lowest BCUT2D eigenvalue weighted by molar-refractivity contribution is 0.867. The summed E-state index contributed by atoms with van der Waals surface area (Å²) in [5.74, 6) is 0.504. The molecule has 0 atom stereocenters. The summed E-state index contributed by atoms with van der Waals surface area (Å²) in [7, 11) is 0. The standard InChI is InChI=1S/C26H30/c1-16(2)22-14-25(23-10-8-17(3)12-19(23)5)21(7)26(15-22)24-11-9-18(4)13-20(24)6/h8-16H,1-7H3. The van der Waals surface area contributed by atoms with Crippen molar-refractivity contribution < 1.29 is 0 Å². The van der Waals surface area contributed by atoms with Gasteiger partial charge in [0.25, 0.3) is 0 Å². The maximum absolute atomic E-state index is 2.39. The first-order chi connectivity index (χ1) is 12.3. The van der Waals surface area contributed by atoms with Crippen LogP contribution in [-0.2, 0) is 0 Å². The van der Waals surface area contributed by atoms with Crippen LogP contribution in [0.25, 0.3) is 22.3 Å². The molecule has 3 aromatic rings. The van der Waals surface area contributed by atoms with Crippen LogP contribution in [0, 0.1) is 34.6 Å². The van der Waals surface area contributed by atoms with Gasteiger partial charge in [-0.05, 0) is 85.0 Å². The van der Waals surface area contributed by atoms with Crippen molar-refractivity contribution in [3.8, 4) is 22.3 Å². The SMILES string of the molecule is Cc1ccc(-c2cc(C(C)C)cc(-c3ccc(C)cc3C)c2C)c(C)c1. The third-order valence-corrected chi connectivity index (χ3v) is 5.44. The van der Waals surface area contributed by atoms with Gasteiger partial charge >= 0.3 is 0 Å². The van der Waals surface area contributed by atoms with Crippen LogP contribution in [0.5, 0.6) is 0 Å². The Bertz CT molecular complexity index is 885. The molecule has 0 amide bonds. The Morgan fingerprint density at radius 3 is 1.31 bits per heavy atom. The molecule has 134 valence electrons. The van der Waals surface area contributed by atoms with Crippen molar-refractivity contribution in [2.45, 2.75) is 54.4 Å². The molecule has 0 aliphatic rings.